The molecule has 0 saturated heterocycles. The summed E-state index contributed by atoms with van der Waals surface area (Å²) in [6.07, 6.45) is 2.00. The molecule has 58 valence electrons. The monoisotopic (exact) mass is 148 g/mol. The van der Waals surface area contributed by atoms with Crippen LogP contribution in [0.2, 0.25) is 0 Å². The van der Waals surface area contributed by atoms with E-state index in [0.29, 0.717) is 0 Å². The minimum Gasteiger partial charge on any atom is -0.501 e. The van der Waals surface area contributed by atoms with E-state index in [1.807, 2.05) is 43.3 Å². The SMILES string of the molecule is CO/C(C)=C\c1ccccc1. The molecule has 0 unspecified atom stereocenters. The molecule has 1 heteroatoms. The Kier molecular flexibility index (Phi) is 2.73. The van der Waals surface area contributed by atoms with Crippen molar-refractivity contribution in [2.24, 2.45) is 0 Å². The van der Waals surface area contributed by atoms with Crippen molar-refractivity contribution in [2.75, 3.05) is 7.11 Å². The molecule has 0 aliphatic heterocycles. The molecule has 0 aromatic heterocycles. The summed E-state index contributed by atoms with van der Waals surface area (Å²) >= 11 is 0. The second-order valence-electron chi connectivity index (χ2n) is 2.37. The van der Waals surface area contributed by atoms with E-state index in [9.17, 15) is 0 Å². The third kappa shape index (κ3) is 2.46. The quantitative estimate of drug-likeness (QED) is 0.586. The summed E-state index contributed by atoms with van der Waals surface area (Å²) in [6, 6.07) is 10.1. The first-order valence-corrected chi connectivity index (χ1v) is 3.60. The molecule has 0 atom stereocenters. The molecule has 1 aromatic carbocycles. The van der Waals surface area contributed by atoms with E-state index in [1.165, 1.54) is 5.56 Å². The third-order valence-electron chi connectivity index (χ3n) is 1.49. The lowest BCUT2D eigenvalue weighted by molar-refractivity contribution is 0.297. The van der Waals surface area contributed by atoms with Crippen LogP contribution in [0.5, 0.6) is 0 Å². The largest absolute Gasteiger partial charge is 0.501 e. The van der Waals surface area contributed by atoms with Crippen molar-refractivity contribution >= 4 is 6.08 Å². The molecule has 0 heterocycles. The van der Waals surface area contributed by atoms with E-state index in [2.05, 4.69) is 0 Å². The van der Waals surface area contributed by atoms with Crippen LogP contribution in [0.4, 0.5) is 0 Å². The van der Waals surface area contributed by atoms with Crippen molar-refractivity contribution in [1.29, 1.82) is 0 Å². The lowest BCUT2D eigenvalue weighted by Crippen LogP contribution is -1.78. The Balaban J connectivity index is 2.79. The smallest absolute Gasteiger partial charge is 0.0930 e. The van der Waals surface area contributed by atoms with Crippen LogP contribution in [0, 0.1) is 0 Å². The van der Waals surface area contributed by atoms with Gasteiger partial charge >= 0.3 is 0 Å². The van der Waals surface area contributed by atoms with Gasteiger partial charge in [0, 0.05) is 0 Å². The van der Waals surface area contributed by atoms with Crippen LogP contribution in [0.1, 0.15) is 12.5 Å². The molecule has 0 bridgehead atoms. The molecule has 1 aromatic rings. The molecule has 0 radical (unpaired) electrons. The Labute approximate surface area is 67.3 Å². The average Bonchev–Trinajstić information content (AvgIpc) is 2.06. The first-order valence-electron chi connectivity index (χ1n) is 3.60. The second kappa shape index (κ2) is 3.81. The van der Waals surface area contributed by atoms with Crippen molar-refractivity contribution in [2.45, 2.75) is 6.92 Å². The molecule has 11 heavy (non-hydrogen) atoms. The highest BCUT2D eigenvalue weighted by molar-refractivity contribution is 5.50. The maximum Gasteiger partial charge on any atom is 0.0930 e. The summed E-state index contributed by atoms with van der Waals surface area (Å²) in [5.74, 6) is 0.927. The van der Waals surface area contributed by atoms with Gasteiger partial charge in [0.2, 0.25) is 0 Å². The van der Waals surface area contributed by atoms with E-state index in [-0.39, 0.29) is 0 Å². The van der Waals surface area contributed by atoms with E-state index in [0.717, 1.165) is 5.76 Å². The zero-order valence-corrected chi connectivity index (χ0v) is 6.87. The fourth-order valence-corrected chi connectivity index (χ4v) is 0.843. The van der Waals surface area contributed by atoms with Gasteiger partial charge in [-0.3, -0.25) is 0 Å². The van der Waals surface area contributed by atoms with Crippen LogP contribution in [0.25, 0.3) is 6.08 Å². The predicted molar refractivity (Wildman–Crippen MR) is 47.1 cm³/mol. The highest BCUT2D eigenvalue weighted by atomic mass is 16.5. The fourth-order valence-electron chi connectivity index (χ4n) is 0.843. The molecule has 0 aliphatic carbocycles. The van der Waals surface area contributed by atoms with Gasteiger partial charge in [0.15, 0.2) is 0 Å². The van der Waals surface area contributed by atoms with Gasteiger partial charge in [-0.05, 0) is 18.6 Å². The Bertz CT molecular complexity index is 236. The lowest BCUT2D eigenvalue weighted by atomic mass is 10.2. The third-order valence-corrected chi connectivity index (χ3v) is 1.49. The minimum absolute atomic E-state index is 0.927. The van der Waals surface area contributed by atoms with Crippen molar-refractivity contribution < 1.29 is 4.74 Å². The summed E-state index contributed by atoms with van der Waals surface area (Å²) in [6.45, 7) is 1.94. The summed E-state index contributed by atoms with van der Waals surface area (Å²) in [7, 11) is 1.68. The van der Waals surface area contributed by atoms with Crippen LogP contribution in [-0.2, 0) is 4.74 Å². The van der Waals surface area contributed by atoms with Crippen LogP contribution in [0.15, 0.2) is 36.1 Å². The number of benzene rings is 1. The molecule has 0 saturated carbocycles. The first kappa shape index (κ1) is 7.86. The summed E-state index contributed by atoms with van der Waals surface area (Å²) in [5.41, 5.74) is 1.17. The van der Waals surface area contributed by atoms with Crippen molar-refractivity contribution in [3.05, 3.63) is 41.7 Å². The molecule has 0 fully saturated rings. The topological polar surface area (TPSA) is 9.23 Å². The van der Waals surface area contributed by atoms with Gasteiger partial charge in [-0.25, -0.2) is 0 Å². The van der Waals surface area contributed by atoms with E-state index >= 15 is 0 Å². The highest BCUT2D eigenvalue weighted by Gasteiger charge is 1.86. The van der Waals surface area contributed by atoms with Gasteiger partial charge in [-0.2, -0.15) is 0 Å². The maximum atomic E-state index is 5.02. The van der Waals surface area contributed by atoms with Gasteiger partial charge in [0.25, 0.3) is 0 Å². The van der Waals surface area contributed by atoms with Gasteiger partial charge in [0.1, 0.15) is 0 Å². The van der Waals surface area contributed by atoms with E-state index in [1.54, 1.807) is 7.11 Å². The van der Waals surface area contributed by atoms with E-state index < -0.39 is 0 Å². The van der Waals surface area contributed by atoms with Gasteiger partial charge < -0.3 is 4.74 Å². The van der Waals surface area contributed by atoms with Gasteiger partial charge in [0.05, 0.1) is 12.9 Å². The Morgan fingerprint density at radius 1 is 1.27 bits per heavy atom. The lowest BCUT2D eigenvalue weighted by Gasteiger charge is -1.97. The number of hydrogen-bond donors (Lipinski definition) is 0. The Morgan fingerprint density at radius 3 is 2.45 bits per heavy atom. The van der Waals surface area contributed by atoms with Crippen molar-refractivity contribution in [3.63, 3.8) is 0 Å². The molecule has 0 spiro atoms. The molecule has 0 amide bonds. The number of hydrogen-bond acceptors (Lipinski definition) is 1. The average molecular weight is 148 g/mol. The fraction of sp³-hybridized carbons (Fsp3) is 0.200. The van der Waals surface area contributed by atoms with Crippen LogP contribution >= 0.6 is 0 Å². The Morgan fingerprint density at radius 2 is 1.91 bits per heavy atom. The summed E-state index contributed by atoms with van der Waals surface area (Å²) < 4.78 is 5.02. The standard InChI is InChI=1S/C10H12O/c1-9(11-2)8-10-6-4-3-5-7-10/h3-8H,1-2H3/b9-8-. The number of methoxy groups -OCH3 is 1. The highest BCUT2D eigenvalue weighted by Crippen LogP contribution is 2.05. The molecule has 1 rings (SSSR count). The Hall–Kier alpha value is -1.24. The maximum absolute atomic E-state index is 5.02. The summed E-state index contributed by atoms with van der Waals surface area (Å²) in [5, 5.41) is 0. The van der Waals surface area contributed by atoms with E-state index in [4.69, 9.17) is 4.74 Å². The zero-order chi connectivity index (χ0) is 8.10. The molecular formula is C10H12O. The molecule has 0 N–H and O–H groups in total. The van der Waals surface area contributed by atoms with Gasteiger partial charge in [-0.1, -0.05) is 30.3 Å². The minimum atomic E-state index is 0.927. The number of allylic oxidation sites excluding steroid dienone is 1. The number of ether oxygens (including phenoxy) is 1. The van der Waals surface area contributed by atoms with Crippen LogP contribution in [0.3, 0.4) is 0 Å². The van der Waals surface area contributed by atoms with Crippen LogP contribution < -0.4 is 0 Å². The van der Waals surface area contributed by atoms with Gasteiger partial charge in [-0.15, -0.1) is 0 Å². The predicted octanol–water partition coefficient (Wildman–Crippen LogP) is 2.69. The second-order valence-corrected chi connectivity index (χ2v) is 2.37. The number of rotatable bonds is 2. The first-order chi connectivity index (χ1) is 5.33. The molecular weight excluding hydrogens is 136 g/mol. The van der Waals surface area contributed by atoms with Crippen molar-refractivity contribution in [1.82, 2.24) is 0 Å². The summed E-state index contributed by atoms with van der Waals surface area (Å²) in [4.78, 5) is 0. The zero-order valence-electron chi connectivity index (χ0n) is 6.87. The van der Waals surface area contributed by atoms with Crippen molar-refractivity contribution in [3.8, 4) is 0 Å². The normalized spacial score (nSPS) is 11.3. The molecule has 0 aliphatic rings. The van der Waals surface area contributed by atoms with Crippen LogP contribution in [-0.4, -0.2) is 7.11 Å². The molecule has 1 nitrogen and oxygen atoms in total.